The van der Waals surface area contributed by atoms with E-state index in [4.69, 9.17) is 4.42 Å². The zero-order valence-electron chi connectivity index (χ0n) is 27.5. The molecule has 3 heterocycles. The van der Waals surface area contributed by atoms with Gasteiger partial charge in [-0.2, -0.15) is 0 Å². The Morgan fingerprint density at radius 1 is 0.333 bits per heavy atom. The summed E-state index contributed by atoms with van der Waals surface area (Å²) in [6, 6.07) is 61.8. The molecule has 0 unspecified atom stereocenters. The van der Waals surface area contributed by atoms with Gasteiger partial charge in [-0.15, -0.1) is 0 Å². The maximum atomic E-state index is 6.49. The molecule has 0 saturated carbocycles. The fraction of sp³-hybridized carbons (Fsp3) is 0. The summed E-state index contributed by atoms with van der Waals surface area (Å²) < 4.78 is 8.98. The van der Waals surface area contributed by atoms with E-state index < -0.39 is 0 Å². The summed E-state index contributed by atoms with van der Waals surface area (Å²) in [5.74, 6) is 0. The Balaban J connectivity index is 1.22. The van der Waals surface area contributed by atoms with E-state index in [0.717, 1.165) is 39.0 Å². The highest BCUT2D eigenvalue weighted by atomic mass is 16.3. The summed E-state index contributed by atoms with van der Waals surface area (Å²) >= 11 is 0. The van der Waals surface area contributed by atoms with Gasteiger partial charge in [-0.25, -0.2) is 0 Å². The van der Waals surface area contributed by atoms with E-state index in [-0.39, 0.29) is 0 Å². The summed E-state index contributed by atoms with van der Waals surface area (Å²) in [5, 5.41) is 14.9. The van der Waals surface area contributed by atoms with E-state index >= 15 is 0 Å². The molecule has 0 radical (unpaired) electrons. The molecule has 0 saturated heterocycles. The van der Waals surface area contributed by atoms with Gasteiger partial charge in [0.15, 0.2) is 0 Å². The van der Waals surface area contributed by atoms with E-state index in [2.05, 4.69) is 173 Å². The molecule has 12 aromatic rings. The number of rotatable bonds is 3. The van der Waals surface area contributed by atoms with Crippen molar-refractivity contribution in [2.75, 3.05) is 4.90 Å². The molecule has 3 nitrogen and oxygen atoms in total. The van der Waals surface area contributed by atoms with Gasteiger partial charge in [0, 0.05) is 49.8 Å². The number of para-hydroxylation sites is 4. The van der Waals surface area contributed by atoms with E-state index in [9.17, 15) is 0 Å². The molecule has 0 spiro atoms. The Kier molecular flexibility index (Phi) is 5.23. The highest BCUT2D eigenvalue weighted by Crippen LogP contribution is 2.47. The number of anilines is 3. The largest absolute Gasteiger partial charge is 0.456 e. The lowest BCUT2D eigenvalue weighted by molar-refractivity contribution is 0.669. The molecule has 3 heteroatoms. The first-order valence-electron chi connectivity index (χ1n) is 17.5. The van der Waals surface area contributed by atoms with Crippen molar-refractivity contribution in [1.29, 1.82) is 0 Å². The van der Waals surface area contributed by atoms with Crippen molar-refractivity contribution in [2.45, 2.75) is 0 Å². The molecule has 0 atom stereocenters. The highest BCUT2D eigenvalue weighted by Gasteiger charge is 2.24. The molecule has 0 fully saturated rings. The summed E-state index contributed by atoms with van der Waals surface area (Å²) in [6.45, 7) is 0. The van der Waals surface area contributed by atoms with Gasteiger partial charge in [-0.05, 0) is 74.8 Å². The Morgan fingerprint density at radius 2 is 0.824 bits per heavy atom. The monoisotopic (exact) mass is 648 g/mol. The van der Waals surface area contributed by atoms with Gasteiger partial charge < -0.3 is 13.7 Å². The highest BCUT2D eigenvalue weighted by molar-refractivity contribution is 6.27. The molecule has 3 aromatic heterocycles. The molecule has 0 bridgehead atoms. The van der Waals surface area contributed by atoms with Crippen LogP contribution in [0.1, 0.15) is 0 Å². The van der Waals surface area contributed by atoms with Crippen molar-refractivity contribution in [1.82, 2.24) is 4.40 Å². The first-order valence-corrected chi connectivity index (χ1v) is 17.5. The molecular weight excluding hydrogens is 621 g/mol. The van der Waals surface area contributed by atoms with Gasteiger partial charge in [0.25, 0.3) is 0 Å². The quantitative estimate of drug-likeness (QED) is 0.178. The molecular formula is C48H28N2O. The van der Waals surface area contributed by atoms with Gasteiger partial charge in [0.1, 0.15) is 11.2 Å². The lowest BCUT2D eigenvalue weighted by Crippen LogP contribution is -2.11. The van der Waals surface area contributed by atoms with Gasteiger partial charge in [0.2, 0.25) is 0 Å². The predicted octanol–water partition coefficient (Wildman–Crippen LogP) is 13.7. The van der Waals surface area contributed by atoms with Crippen molar-refractivity contribution in [2.24, 2.45) is 0 Å². The average Bonchev–Trinajstić information content (AvgIpc) is 3.85. The Hall–Kier alpha value is -6.84. The van der Waals surface area contributed by atoms with Crippen molar-refractivity contribution < 1.29 is 4.42 Å². The molecule has 0 N–H and O–H groups in total. The second-order valence-corrected chi connectivity index (χ2v) is 13.7. The minimum Gasteiger partial charge on any atom is -0.456 e. The lowest BCUT2D eigenvalue weighted by atomic mass is 9.94. The average molecular weight is 649 g/mol. The van der Waals surface area contributed by atoms with Crippen molar-refractivity contribution >= 4 is 109 Å². The normalized spacial score (nSPS) is 12.3. The molecule has 9 aromatic carbocycles. The van der Waals surface area contributed by atoms with Crippen LogP contribution in [0, 0.1) is 0 Å². The standard InChI is InChI=1S/C48H28N2O/c1-2-13-33-31(11-1)32-12-3-4-14-34(32)42-27-29(23-25-35(33)42)49(30-24-26-38-37-16-6-8-22-45(37)51-46(38)28-30)44-21-10-19-41-40-18-9-17-39-36-15-5-7-20-43(36)50(47(39)40)48(41)44/h1-28H. The number of aromatic nitrogens is 1. The predicted molar refractivity (Wildman–Crippen MR) is 216 cm³/mol. The third kappa shape index (κ3) is 3.57. The van der Waals surface area contributed by atoms with Crippen molar-refractivity contribution in [3.8, 4) is 0 Å². The third-order valence-electron chi connectivity index (χ3n) is 11.1. The second-order valence-electron chi connectivity index (χ2n) is 13.7. The summed E-state index contributed by atoms with van der Waals surface area (Å²) in [6.07, 6.45) is 0. The van der Waals surface area contributed by atoms with Crippen LogP contribution in [-0.4, -0.2) is 4.40 Å². The van der Waals surface area contributed by atoms with Crippen LogP contribution in [0.3, 0.4) is 0 Å². The molecule has 236 valence electrons. The Bertz CT molecular complexity index is 3350. The fourth-order valence-electron chi connectivity index (χ4n) is 8.95. The zero-order chi connectivity index (χ0) is 33.2. The number of fused-ring (bicyclic) bond motifs is 15. The SMILES string of the molecule is c1ccc2c(c1)oc1cc(N(c3ccc4c5ccccc5c5ccccc5c4c3)c3cccc4c5cccc6c7ccccc7n(c34)c65)ccc12. The van der Waals surface area contributed by atoms with Crippen LogP contribution in [0.15, 0.2) is 174 Å². The third-order valence-corrected chi connectivity index (χ3v) is 11.1. The van der Waals surface area contributed by atoms with Crippen LogP contribution >= 0.6 is 0 Å². The minimum atomic E-state index is 0.876. The first-order chi connectivity index (χ1) is 25.3. The topological polar surface area (TPSA) is 20.8 Å². The lowest BCUT2D eigenvalue weighted by Gasteiger charge is -2.27. The number of nitrogens with zero attached hydrogens (tertiary/aromatic N) is 2. The Labute approximate surface area is 292 Å². The molecule has 0 aliphatic rings. The van der Waals surface area contributed by atoms with Crippen molar-refractivity contribution in [3.05, 3.63) is 170 Å². The Morgan fingerprint density at radius 3 is 1.57 bits per heavy atom. The van der Waals surface area contributed by atoms with E-state index in [1.54, 1.807) is 0 Å². The summed E-state index contributed by atoms with van der Waals surface area (Å²) in [7, 11) is 0. The van der Waals surface area contributed by atoms with Crippen molar-refractivity contribution in [3.63, 3.8) is 0 Å². The number of benzene rings is 9. The van der Waals surface area contributed by atoms with Crippen LogP contribution in [0.5, 0.6) is 0 Å². The van der Waals surface area contributed by atoms with E-state index in [0.29, 0.717) is 0 Å². The smallest absolute Gasteiger partial charge is 0.137 e. The molecule has 0 amide bonds. The summed E-state index contributed by atoms with van der Waals surface area (Å²) in [5.41, 5.74) is 8.71. The minimum absolute atomic E-state index is 0.876. The van der Waals surface area contributed by atoms with Gasteiger partial charge >= 0.3 is 0 Å². The number of hydrogen-bond acceptors (Lipinski definition) is 2. The number of hydrogen-bond donors (Lipinski definition) is 0. The molecule has 0 aliphatic heterocycles. The van der Waals surface area contributed by atoms with Crippen LogP contribution in [0.2, 0.25) is 0 Å². The van der Waals surface area contributed by atoms with E-state index in [1.807, 2.05) is 6.07 Å². The van der Waals surface area contributed by atoms with Crippen LogP contribution in [0.4, 0.5) is 17.1 Å². The molecule has 12 rings (SSSR count). The first kappa shape index (κ1) is 27.0. The van der Waals surface area contributed by atoms with Crippen LogP contribution < -0.4 is 4.90 Å². The molecule has 51 heavy (non-hydrogen) atoms. The van der Waals surface area contributed by atoms with Crippen LogP contribution in [0.25, 0.3) is 92.4 Å². The van der Waals surface area contributed by atoms with Crippen LogP contribution in [-0.2, 0) is 0 Å². The van der Waals surface area contributed by atoms with Gasteiger partial charge in [-0.3, -0.25) is 0 Å². The van der Waals surface area contributed by atoms with E-state index in [1.165, 1.54) is 70.4 Å². The summed E-state index contributed by atoms with van der Waals surface area (Å²) in [4.78, 5) is 2.43. The van der Waals surface area contributed by atoms with Gasteiger partial charge in [-0.1, -0.05) is 121 Å². The fourth-order valence-corrected chi connectivity index (χ4v) is 8.95. The maximum Gasteiger partial charge on any atom is 0.137 e. The zero-order valence-corrected chi connectivity index (χ0v) is 27.5. The molecule has 0 aliphatic carbocycles. The maximum absolute atomic E-state index is 6.49. The van der Waals surface area contributed by atoms with Gasteiger partial charge in [0.05, 0.1) is 22.2 Å². The second kappa shape index (κ2) is 9.87. The number of furan rings is 1.